The van der Waals surface area contributed by atoms with Crippen LogP contribution >= 0.6 is 22.9 Å². The van der Waals surface area contributed by atoms with Crippen LogP contribution in [0.25, 0.3) is 10.2 Å². The Morgan fingerprint density at radius 3 is 1.84 bits per heavy atom. The quantitative estimate of drug-likeness (QED) is 0.347. The Balaban J connectivity index is 1.41. The van der Waals surface area contributed by atoms with E-state index in [4.69, 9.17) is 11.6 Å². The minimum Gasteiger partial charge on any atom is -0.274 e. The number of aromatic nitrogens is 1. The van der Waals surface area contributed by atoms with Gasteiger partial charge in [-0.15, -0.1) is 0 Å². The molecule has 2 bridgehead atoms. The van der Waals surface area contributed by atoms with Crippen molar-refractivity contribution in [1.82, 2.24) is 4.98 Å². The number of carbonyl (C=O) groups excluding carboxylic acids is 2. The van der Waals surface area contributed by atoms with Gasteiger partial charge >= 0.3 is 0 Å². The predicted octanol–water partition coefficient (Wildman–Crippen LogP) is 5.65. The van der Waals surface area contributed by atoms with Crippen molar-refractivity contribution in [3.63, 3.8) is 0 Å². The minimum absolute atomic E-state index is 0.107. The first-order chi connectivity index (χ1) is 15.5. The molecule has 0 radical (unpaired) electrons. The number of hydrogen-bond donors (Lipinski definition) is 0. The molecule has 0 saturated carbocycles. The molecule has 4 nitrogen and oxygen atoms in total. The molecule has 8 rings (SSSR count). The summed E-state index contributed by atoms with van der Waals surface area (Å²) < 4.78 is 0.923. The standard InChI is InChI=1S/C26H17ClN2O2S/c1-12-10-19-18(11-17(12)27)28-26(32-19)29-24(30)22-20-13-6-2-3-7-14(13)21(23(22)25(29)31)16-9-5-4-8-15(16)20/h2-11,20-23H,1H3/t20?,21?,22-,23-/m0/s1. The maximum atomic E-state index is 13.8. The maximum absolute atomic E-state index is 13.8. The van der Waals surface area contributed by atoms with Crippen LogP contribution in [0.3, 0.4) is 0 Å². The van der Waals surface area contributed by atoms with Gasteiger partial charge in [0.25, 0.3) is 0 Å². The molecule has 156 valence electrons. The van der Waals surface area contributed by atoms with Gasteiger partial charge < -0.3 is 0 Å². The maximum Gasteiger partial charge on any atom is 0.240 e. The molecule has 3 aromatic carbocycles. The number of thiazole rings is 1. The number of halogens is 1. The summed E-state index contributed by atoms with van der Waals surface area (Å²) in [6.45, 7) is 1.94. The Kier molecular flexibility index (Phi) is 3.63. The average molecular weight is 457 g/mol. The van der Waals surface area contributed by atoms with Crippen molar-refractivity contribution in [2.45, 2.75) is 18.8 Å². The SMILES string of the molecule is Cc1cc2sc(N3C(=O)[C@H]4C5c6ccccc6C(c6ccccc65)[C@@H]4C3=O)nc2cc1Cl. The molecular formula is C26H17ClN2O2S. The van der Waals surface area contributed by atoms with Crippen molar-refractivity contribution in [1.29, 1.82) is 0 Å². The lowest BCUT2D eigenvalue weighted by molar-refractivity contribution is -0.122. The fourth-order valence-corrected chi connectivity index (χ4v) is 7.21. The zero-order chi connectivity index (χ0) is 21.7. The fourth-order valence-electron chi connectivity index (χ4n) is 6.00. The summed E-state index contributed by atoms with van der Waals surface area (Å²) in [7, 11) is 0. The number of amides is 2. The van der Waals surface area contributed by atoms with Gasteiger partial charge in [0.2, 0.25) is 11.8 Å². The molecule has 1 aromatic heterocycles. The molecular weight excluding hydrogens is 440 g/mol. The molecule has 1 aliphatic heterocycles. The molecule has 1 saturated heterocycles. The highest BCUT2D eigenvalue weighted by atomic mass is 35.5. The van der Waals surface area contributed by atoms with Crippen LogP contribution in [0.5, 0.6) is 0 Å². The van der Waals surface area contributed by atoms with Gasteiger partial charge in [0.05, 0.1) is 22.1 Å². The normalized spacial score (nSPS) is 25.2. The first kappa shape index (κ1) is 18.5. The van der Waals surface area contributed by atoms with Crippen LogP contribution < -0.4 is 4.90 Å². The van der Waals surface area contributed by atoms with Crippen LogP contribution in [0.1, 0.15) is 39.7 Å². The van der Waals surface area contributed by atoms with Gasteiger partial charge in [0, 0.05) is 16.9 Å². The van der Waals surface area contributed by atoms with Gasteiger partial charge in [-0.3, -0.25) is 9.59 Å². The summed E-state index contributed by atoms with van der Waals surface area (Å²) in [6.07, 6.45) is 0. The summed E-state index contributed by atoms with van der Waals surface area (Å²) in [5.74, 6) is -1.28. The minimum atomic E-state index is -0.394. The highest BCUT2D eigenvalue weighted by molar-refractivity contribution is 7.22. The highest BCUT2D eigenvalue weighted by Gasteiger charge is 2.62. The Labute approximate surface area is 193 Å². The molecule has 0 spiro atoms. The van der Waals surface area contributed by atoms with Gasteiger partial charge in [-0.2, -0.15) is 0 Å². The second-order valence-corrected chi connectivity index (χ2v) is 10.3. The molecule has 4 aliphatic rings. The number of imide groups is 1. The zero-order valence-electron chi connectivity index (χ0n) is 17.1. The third-order valence-corrected chi connectivity index (χ3v) is 8.71. The van der Waals surface area contributed by atoms with Crippen molar-refractivity contribution in [2.24, 2.45) is 11.8 Å². The Morgan fingerprint density at radius 1 is 0.844 bits per heavy atom. The van der Waals surface area contributed by atoms with E-state index >= 15 is 0 Å². The van der Waals surface area contributed by atoms with E-state index in [1.165, 1.54) is 38.5 Å². The third-order valence-electron chi connectivity index (χ3n) is 7.30. The van der Waals surface area contributed by atoms with Crippen LogP contribution in [-0.4, -0.2) is 16.8 Å². The lowest BCUT2D eigenvalue weighted by Crippen LogP contribution is -2.41. The topological polar surface area (TPSA) is 50.3 Å². The number of carbonyl (C=O) groups is 2. The molecule has 1 fully saturated rings. The predicted molar refractivity (Wildman–Crippen MR) is 125 cm³/mol. The zero-order valence-corrected chi connectivity index (χ0v) is 18.7. The Bertz CT molecular complexity index is 1340. The van der Waals surface area contributed by atoms with E-state index in [1.807, 2.05) is 37.3 Å². The molecule has 0 unspecified atom stereocenters. The molecule has 2 atom stereocenters. The number of anilines is 1. The van der Waals surface area contributed by atoms with E-state index in [0.29, 0.717) is 15.7 Å². The molecule has 2 heterocycles. The van der Waals surface area contributed by atoms with Crippen molar-refractivity contribution >= 4 is 50.1 Å². The van der Waals surface area contributed by atoms with Crippen LogP contribution in [-0.2, 0) is 9.59 Å². The van der Waals surface area contributed by atoms with E-state index in [1.54, 1.807) is 6.07 Å². The van der Waals surface area contributed by atoms with Crippen LogP contribution in [0.4, 0.5) is 5.13 Å². The molecule has 2 amide bonds. The van der Waals surface area contributed by atoms with E-state index in [2.05, 4.69) is 29.2 Å². The van der Waals surface area contributed by atoms with Crippen LogP contribution in [0.15, 0.2) is 60.7 Å². The highest BCUT2D eigenvalue weighted by Crippen LogP contribution is 2.61. The van der Waals surface area contributed by atoms with Crippen molar-refractivity contribution in [3.8, 4) is 0 Å². The third kappa shape index (κ3) is 2.20. The lowest BCUT2D eigenvalue weighted by Gasteiger charge is -2.45. The molecule has 6 heteroatoms. The molecule has 4 aromatic rings. The van der Waals surface area contributed by atoms with E-state index in [0.717, 1.165) is 10.3 Å². The molecule has 3 aliphatic carbocycles. The van der Waals surface area contributed by atoms with E-state index in [9.17, 15) is 9.59 Å². The number of nitrogens with zero attached hydrogens (tertiary/aromatic N) is 2. The number of hydrogen-bond acceptors (Lipinski definition) is 4. The Morgan fingerprint density at radius 2 is 1.34 bits per heavy atom. The van der Waals surface area contributed by atoms with E-state index in [-0.39, 0.29) is 23.7 Å². The van der Waals surface area contributed by atoms with Crippen molar-refractivity contribution in [2.75, 3.05) is 4.90 Å². The monoisotopic (exact) mass is 456 g/mol. The van der Waals surface area contributed by atoms with Crippen LogP contribution in [0, 0.1) is 18.8 Å². The smallest absolute Gasteiger partial charge is 0.240 e. The second kappa shape index (κ2) is 6.27. The number of fused-ring (bicyclic) bond motifs is 1. The van der Waals surface area contributed by atoms with Gasteiger partial charge in [-0.25, -0.2) is 9.88 Å². The summed E-state index contributed by atoms with van der Waals surface area (Å²) >= 11 is 7.66. The van der Waals surface area contributed by atoms with Crippen molar-refractivity contribution < 1.29 is 9.59 Å². The molecule has 0 N–H and O–H groups in total. The summed E-state index contributed by atoms with van der Waals surface area (Å²) in [4.78, 5) is 33.6. The summed E-state index contributed by atoms with van der Waals surface area (Å²) in [5, 5.41) is 1.07. The van der Waals surface area contributed by atoms with Gasteiger partial charge in [0.15, 0.2) is 5.13 Å². The van der Waals surface area contributed by atoms with Gasteiger partial charge in [0.1, 0.15) is 0 Å². The largest absolute Gasteiger partial charge is 0.274 e. The number of aryl methyl sites for hydroxylation is 1. The lowest BCUT2D eigenvalue weighted by atomic mass is 9.55. The van der Waals surface area contributed by atoms with Crippen molar-refractivity contribution in [3.05, 3.63) is 93.5 Å². The average Bonchev–Trinajstić information content (AvgIpc) is 3.31. The number of rotatable bonds is 1. The van der Waals surface area contributed by atoms with Crippen LogP contribution in [0.2, 0.25) is 5.02 Å². The van der Waals surface area contributed by atoms with Gasteiger partial charge in [-0.05, 0) is 46.9 Å². The molecule has 32 heavy (non-hydrogen) atoms. The fraction of sp³-hybridized carbons (Fsp3) is 0.192. The second-order valence-electron chi connectivity index (χ2n) is 8.84. The van der Waals surface area contributed by atoms with Gasteiger partial charge in [-0.1, -0.05) is 71.5 Å². The first-order valence-electron chi connectivity index (χ1n) is 10.7. The summed E-state index contributed by atoms with van der Waals surface area (Å²) in [5.41, 5.74) is 6.36. The first-order valence-corrected chi connectivity index (χ1v) is 11.9. The number of benzene rings is 3. The summed E-state index contributed by atoms with van der Waals surface area (Å²) in [6, 6.07) is 20.3. The van der Waals surface area contributed by atoms with E-state index < -0.39 is 11.8 Å². The Hall–Kier alpha value is -3.02.